The summed E-state index contributed by atoms with van der Waals surface area (Å²) in [4.78, 5) is 13.8. The zero-order valence-electron chi connectivity index (χ0n) is 15.2. The fourth-order valence-electron chi connectivity index (χ4n) is 3.40. The van der Waals surface area contributed by atoms with Crippen LogP contribution in [0.5, 0.6) is 0 Å². The Morgan fingerprint density at radius 2 is 2.17 bits per heavy atom. The van der Waals surface area contributed by atoms with Gasteiger partial charge in [-0.2, -0.15) is 4.37 Å². The summed E-state index contributed by atoms with van der Waals surface area (Å²) in [6, 6.07) is 4.65. The molecule has 1 fully saturated rings. The van der Waals surface area contributed by atoms with E-state index in [1.807, 2.05) is 18.5 Å². The van der Waals surface area contributed by atoms with E-state index in [0.717, 1.165) is 24.0 Å². The van der Waals surface area contributed by atoms with Crippen molar-refractivity contribution in [3.63, 3.8) is 0 Å². The van der Waals surface area contributed by atoms with Crippen LogP contribution in [0.4, 0.5) is 5.13 Å². The van der Waals surface area contributed by atoms with Gasteiger partial charge in [0.05, 0.1) is 0 Å². The molecule has 0 aliphatic carbocycles. The van der Waals surface area contributed by atoms with E-state index in [-0.39, 0.29) is 5.41 Å². The molecule has 1 saturated heterocycles. The summed E-state index contributed by atoms with van der Waals surface area (Å²) in [5.74, 6) is 1.51. The molecule has 2 aromatic heterocycles. The molecular formula is C18H27N5S. The minimum Gasteiger partial charge on any atom is -0.350 e. The Hall–Kier alpha value is -1.53. The summed E-state index contributed by atoms with van der Waals surface area (Å²) in [5.41, 5.74) is 1.31. The molecule has 3 heterocycles. The Morgan fingerprint density at radius 1 is 1.38 bits per heavy atom. The van der Waals surface area contributed by atoms with E-state index in [1.54, 1.807) is 0 Å². The molecule has 0 aromatic carbocycles. The number of pyridine rings is 1. The van der Waals surface area contributed by atoms with Crippen molar-refractivity contribution >= 4 is 16.7 Å². The van der Waals surface area contributed by atoms with Crippen LogP contribution in [0.2, 0.25) is 0 Å². The molecule has 2 aromatic rings. The minimum absolute atomic E-state index is 0.00140. The standard InChI is InChI=1S/C18H27N5S/c1-18(2,3)16-20-17(24-21-16)23(5)12-14-8-10-22(4)15(14)13-7-6-9-19-11-13/h6-7,9,11,14-15H,8,10,12H2,1-5H3/t14-,15-/m0/s1. The lowest BCUT2D eigenvalue weighted by Crippen LogP contribution is -2.30. The van der Waals surface area contributed by atoms with Gasteiger partial charge in [0.1, 0.15) is 5.82 Å². The van der Waals surface area contributed by atoms with Gasteiger partial charge in [-0.25, -0.2) is 4.98 Å². The van der Waals surface area contributed by atoms with Crippen LogP contribution in [0.25, 0.3) is 0 Å². The molecule has 0 spiro atoms. The Balaban J connectivity index is 1.73. The van der Waals surface area contributed by atoms with Gasteiger partial charge in [0.2, 0.25) is 5.13 Å². The maximum Gasteiger partial charge on any atom is 0.204 e. The van der Waals surface area contributed by atoms with Gasteiger partial charge in [-0.1, -0.05) is 26.8 Å². The lowest BCUT2D eigenvalue weighted by atomic mass is 9.94. The lowest BCUT2D eigenvalue weighted by molar-refractivity contribution is 0.278. The molecule has 0 amide bonds. The number of anilines is 1. The van der Waals surface area contributed by atoms with Gasteiger partial charge in [0, 0.05) is 49.0 Å². The van der Waals surface area contributed by atoms with Gasteiger partial charge in [-0.3, -0.25) is 9.88 Å². The van der Waals surface area contributed by atoms with Crippen LogP contribution in [0, 0.1) is 5.92 Å². The summed E-state index contributed by atoms with van der Waals surface area (Å²) in [6.45, 7) is 8.58. The largest absolute Gasteiger partial charge is 0.350 e. The first-order valence-corrected chi connectivity index (χ1v) is 9.29. The summed E-state index contributed by atoms with van der Waals surface area (Å²) in [7, 11) is 4.34. The predicted molar refractivity (Wildman–Crippen MR) is 99.6 cm³/mol. The number of hydrogen-bond donors (Lipinski definition) is 0. The first-order valence-electron chi connectivity index (χ1n) is 8.52. The monoisotopic (exact) mass is 345 g/mol. The zero-order chi connectivity index (χ0) is 17.3. The zero-order valence-corrected chi connectivity index (χ0v) is 16.0. The predicted octanol–water partition coefficient (Wildman–Crippen LogP) is 3.36. The maximum absolute atomic E-state index is 4.75. The quantitative estimate of drug-likeness (QED) is 0.850. The number of rotatable bonds is 4. The molecule has 1 aliphatic heterocycles. The molecular weight excluding hydrogens is 318 g/mol. The van der Waals surface area contributed by atoms with Crippen molar-refractivity contribution in [1.29, 1.82) is 0 Å². The summed E-state index contributed by atoms with van der Waals surface area (Å²) < 4.78 is 4.54. The van der Waals surface area contributed by atoms with E-state index < -0.39 is 0 Å². The van der Waals surface area contributed by atoms with Gasteiger partial charge in [-0.15, -0.1) is 0 Å². The highest BCUT2D eigenvalue weighted by Crippen LogP contribution is 2.37. The first-order chi connectivity index (χ1) is 11.4. The Bertz CT molecular complexity index is 664. The molecule has 0 unspecified atom stereocenters. The number of aromatic nitrogens is 3. The van der Waals surface area contributed by atoms with Crippen molar-refractivity contribution < 1.29 is 0 Å². The van der Waals surface area contributed by atoms with Gasteiger partial charge < -0.3 is 4.90 Å². The van der Waals surface area contributed by atoms with Crippen molar-refractivity contribution in [2.24, 2.45) is 5.92 Å². The van der Waals surface area contributed by atoms with E-state index in [4.69, 9.17) is 4.98 Å². The van der Waals surface area contributed by atoms with Gasteiger partial charge in [0.25, 0.3) is 0 Å². The average molecular weight is 346 g/mol. The number of likely N-dealkylation sites (tertiary alicyclic amines) is 1. The first kappa shape index (κ1) is 17.3. The molecule has 5 nitrogen and oxygen atoms in total. The smallest absolute Gasteiger partial charge is 0.204 e. The average Bonchev–Trinajstić information content (AvgIpc) is 3.15. The van der Waals surface area contributed by atoms with Crippen LogP contribution in [-0.2, 0) is 5.41 Å². The Morgan fingerprint density at radius 3 is 2.79 bits per heavy atom. The Labute approximate surface area is 148 Å². The molecule has 0 N–H and O–H groups in total. The molecule has 0 radical (unpaired) electrons. The molecule has 0 saturated carbocycles. The van der Waals surface area contributed by atoms with Crippen molar-refractivity contribution in [3.8, 4) is 0 Å². The van der Waals surface area contributed by atoms with Crippen molar-refractivity contribution in [3.05, 3.63) is 35.9 Å². The van der Waals surface area contributed by atoms with Crippen LogP contribution < -0.4 is 4.90 Å². The molecule has 130 valence electrons. The normalized spacial score (nSPS) is 22.0. The van der Waals surface area contributed by atoms with Crippen molar-refractivity contribution in [1.82, 2.24) is 19.2 Å². The molecule has 1 aliphatic rings. The third-order valence-electron chi connectivity index (χ3n) is 4.72. The van der Waals surface area contributed by atoms with Crippen LogP contribution in [0.1, 0.15) is 44.6 Å². The van der Waals surface area contributed by atoms with Crippen LogP contribution in [0.15, 0.2) is 24.5 Å². The lowest BCUT2D eigenvalue weighted by Gasteiger charge is -2.28. The number of nitrogens with zero attached hydrogens (tertiary/aromatic N) is 5. The van der Waals surface area contributed by atoms with Gasteiger partial charge in [-0.05, 0) is 37.6 Å². The highest BCUT2D eigenvalue weighted by molar-refractivity contribution is 7.09. The minimum atomic E-state index is 0.00140. The summed E-state index contributed by atoms with van der Waals surface area (Å²) >= 11 is 1.50. The van der Waals surface area contributed by atoms with Crippen molar-refractivity contribution in [2.75, 3.05) is 32.1 Å². The van der Waals surface area contributed by atoms with E-state index in [9.17, 15) is 0 Å². The topological polar surface area (TPSA) is 45.2 Å². The maximum atomic E-state index is 4.75. The second kappa shape index (κ2) is 6.76. The van der Waals surface area contributed by atoms with Crippen molar-refractivity contribution in [2.45, 2.75) is 38.6 Å². The third-order valence-corrected chi connectivity index (χ3v) is 5.55. The van der Waals surface area contributed by atoms with E-state index >= 15 is 0 Å². The van der Waals surface area contributed by atoms with E-state index in [2.05, 4.69) is 60.1 Å². The molecule has 2 atom stereocenters. The fourth-order valence-corrected chi connectivity index (χ4v) is 4.22. The van der Waals surface area contributed by atoms with Crippen LogP contribution >= 0.6 is 11.5 Å². The summed E-state index contributed by atoms with van der Waals surface area (Å²) in [6.07, 6.45) is 5.04. The molecule has 24 heavy (non-hydrogen) atoms. The Kier molecular flexibility index (Phi) is 4.88. The SMILES string of the molecule is CN(C[C@@H]1CCN(C)[C@H]1c1cccnc1)c1nc(C(C)(C)C)ns1. The third kappa shape index (κ3) is 3.59. The fraction of sp³-hybridized carbons (Fsp3) is 0.611. The van der Waals surface area contributed by atoms with E-state index in [0.29, 0.717) is 12.0 Å². The van der Waals surface area contributed by atoms with Crippen LogP contribution in [-0.4, -0.2) is 46.4 Å². The summed E-state index contributed by atoms with van der Waals surface area (Å²) in [5, 5.41) is 1.01. The second-order valence-corrected chi connectivity index (χ2v) is 8.52. The number of hydrogen-bond acceptors (Lipinski definition) is 6. The van der Waals surface area contributed by atoms with Gasteiger partial charge >= 0.3 is 0 Å². The molecule has 0 bridgehead atoms. The second-order valence-electron chi connectivity index (χ2n) is 7.79. The van der Waals surface area contributed by atoms with Gasteiger partial charge in [0.15, 0.2) is 0 Å². The van der Waals surface area contributed by atoms with Crippen LogP contribution in [0.3, 0.4) is 0 Å². The molecule has 3 rings (SSSR count). The highest BCUT2D eigenvalue weighted by Gasteiger charge is 2.34. The highest BCUT2D eigenvalue weighted by atomic mass is 32.1. The molecule has 6 heteroatoms. The van der Waals surface area contributed by atoms with E-state index in [1.165, 1.54) is 23.5 Å².